The van der Waals surface area contributed by atoms with E-state index in [1.165, 1.54) is 0 Å². The normalized spacial score (nSPS) is 12.9. The van der Waals surface area contributed by atoms with Crippen molar-refractivity contribution in [2.24, 2.45) is 0 Å². The third-order valence-corrected chi connectivity index (χ3v) is 0.850. The summed E-state index contributed by atoms with van der Waals surface area (Å²) in [6.45, 7) is 0. The fourth-order valence-corrected chi connectivity index (χ4v) is 0. The maximum atomic E-state index is 11.3. The minimum atomic E-state index is -3.42. The quantitative estimate of drug-likeness (QED) is 0.382. The molecule has 7 heavy (non-hydrogen) atoms. The number of halogens is 3. The molecule has 0 atom stereocenters. The molecule has 0 aliphatic rings. The van der Waals surface area contributed by atoms with Gasteiger partial charge in [-0.25, -0.2) is 0 Å². The van der Waals surface area contributed by atoms with Crippen LogP contribution in [0.1, 0.15) is 0 Å². The van der Waals surface area contributed by atoms with Gasteiger partial charge in [-0.3, -0.25) is 0 Å². The zero-order valence-corrected chi connectivity index (χ0v) is 5.26. The minimum absolute atomic E-state index is 0.633. The van der Waals surface area contributed by atoms with E-state index in [0.717, 1.165) is 0 Å². The van der Waals surface area contributed by atoms with E-state index in [-0.39, 0.29) is 0 Å². The van der Waals surface area contributed by atoms with Gasteiger partial charge in [0.25, 0.3) is 0 Å². The summed E-state index contributed by atoms with van der Waals surface area (Å²) in [5, 5.41) is 15.4. The van der Waals surface area contributed by atoms with Crippen LogP contribution >= 0.6 is 22.6 Å². The van der Waals surface area contributed by atoms with E-state index in [4.69, 9.17) is 10.2 Å². The van der Waals surface area contributed by atoms with Gasteiger partial charge >= 0.3 is 3.93 Å². The van der Waals surface area contributed by atoms with Crippen LogP contribution in [-0.2, 0) is 0 Å². The summed E-state index contributed by atoms with van der Waals surface area (Å²) in [4.78, 5) is 0. The molecule has 0 saturated heterocycles. The zero-order valence-electron chi connectivity index (χ0n) is 3.11. The molecule has 0 unspecified atom stereocenters. The fourth-order valence-electron chi connectivity index (χ4n) is 0. The fraction of sp³-hybridized carbons (Fsp3) is 1.00. The van der Waals surface area contributed by atoms with E-state index in [9.17, 15) is 8.78 Å². The summed E-state index contributed by atoms with van der Waals surface area (Å²) in [6.07, 6.45) is -2.55. The van der Waals surface area contributed by atoms with Crippen molar-refractivity contribution < 1.29 is 19.0 Å². The lowest BCUT2D eigenvalue weighted by Gasteiger charge is -2.07. The number of aliphatic hydroxyl groups excluding tert-OH is 1. The Morgan fingerprint density at radius 3 is 1.57 bits per heavy atom. The van der Waals surface area contributed by atoms with Crippen molar-refractivity contribution in [1.29, 1.82) is 0 Å². The van der Waals surface area contributed by atoms with Crippen molar-refractivity contribution in [2.75, 3.05) is 0 Å². The molecule has 0 aromatic rings. The molecule has 0 aliphatic heterocycles. The molecule has 0 aromatic heterocycles. The van der Waals surface area contributed by atoms with E-state index in [1.54, 1.807) is 0 Å². The van der Waals surface area contributed by atoms with Crippen LogP contribution in [0.15, 0.2) is 0 Å². The second-order valence-electron chi connectivity index (χ2n) is 0.915. The molecular formula is C2H3F2IO2. The monoisotopic (exact) mass is 224 g/mol. The van der Waals surface area contributed by atoms with Crippen LogP contribution in [0.5, 0.6) is 0 Å². The standard InChI is InChI=1S/C2H3F2IO2/c3-2(4,5)1(6)7/h1,6-7H. The average molecular weight is 224 g/mol. The van der Waals surface area contributed by atoms with Crippen molar-refractivity contribution in [2.45, 2.75) is 10.2 Å². The van der Waals surface area contributed by atoms with Gasteiger partial charge in [0.05, 0.1) is 0 Å². The predicted molar refractivity (Wildman–Crippen MR) is 27.2 cm³/mol. The first kappa shape index (κ1) is 7.51. The highest BCUT2D eigenvalue weighted by Gasteiger charge is 2.32. The summed E-state index contributed by atoms with van der Waals surface area (Å²) in [5.41, 5.74) is 0. The molecule has 0 aliphatic carbocycles. The molecule has 0 amide bonds. The van der Waals surface area contributed by atoms with E-state index < -0.39 is 10.2 Å². The second kappa shape index (κ2) is 2.19. The van der Waals surface area contributed by atoms with Gasteiger partial charge in [-0.15, -0.1) is 0 Å². The van der Waals surface area contributed by atoms with Crippen LogP contribution in [-0.4, -0.2) is 20.4 Å². The molecule has 0 fully saturated rings. The Bertz CT molecular complexity index is 59.2. The largest absolute Gasteiger partial charge is 0.363 e. The van der Waals surface area contributed by atoms with Gasteiger partial charge < -0.3 is 10.2 Å². The SMILES string of the molecule is OC(O)C(F)(F)I. The van der Waals surface area contributed by atoms with E-state index in [2.05, 4.69) is 0 Å². The van der Waals surface area contributed by atoms with Crippen LogP contribution in [0.3, 0.4) is 0 Å². The van der Waals surface area contributed by atoms with E-state index in [1.807, 2.05) is 0 Å². The first-order valence-corrected chi connectivity index (χ1v) is 2.45. The first-order valence-electron chi connectivity index (χ1n) is 1.37. The molecule has 0 saturated carbocycles. The second-order valence-corrected chi connectivity index (χ2v) is 2.35. The molecule has 44 valence electrons. The average Bonchev–Trinajstić information content (AvgIpc) is 1.31. The third kappa shape index (κ3) is 3.12. The van der Waals surface area contributed by atoms with Crippen LogP contribution in [0, 0.1) is 0 Å². The van der Waals surface area contributed by atoms with Crippen LogP contribution in [0.2, 0.25) is 0 Å². The Labute approximate surface area is 52.3 Å². The lowest BCUT2D eigenvalue weighted by Crippen LogP contribution is -2.25. The molecule has 0 radical (unpaired) electrons. The van der Waals surface area contributed by atoms with E-state index in [0.29, 0.717) is 22.6 Å². The topological polar surface area (TPSA) is 40.5 Å². The lowest BCUT2D eigenvalue weighted by molar-refractivity contribution is -0.148. The van der Waals surface area contributed by atoms with Crippen LogP contribution in [0.4, 0.5) is 8.78 Å². The van der Waals surface area contributed by atoms with Crippen molar-refractivity contribution in [3.8, 4) is 0 Å². The maximum Gasteiger partial charge on any atom is 0.345 e. The van der Waals surface area contributed by atoms with Gasteiger partial charge in [0.2, 0.25) is 6.29 Å². The Morgan fingerprint density at radius 2 is 1.57 bits per heavy atom. The highest BCUT2D eigenvalue weighted by atomic mass is 127. The molecule has 0 bridgehead atoms. The smallest absolute Gasteiger partial charge is 0.345 e. The van der Waals surface area contributed by atoms with Gasteiger partial charge in [0.15, 0.2) is 0 Å². The third-order valence-electron chi connectivity index (χ3n) is 0.293. The molecule has 5 heteroatoms. The van der Waals surface area contributed by atoms with Gasteiger partial charge in [0, 0.05) is 22.6 Å². The molecule has 0 heterocycles. The Morgan fingerprint density at radius 1 is 1.43 bits per heavy atom. The number of rotatable bonds is 1. The van der Waals surface area contributed by atoms with Crippen molar-refractivity contribution in [1.82, 2.24) is 0 Å². The Kier molecular flexibility index (Phi) is 2.34. The zero-order chi connectivity index (χ0) is 6.08. The van der Waals surface area contributed by atoms with Crippen LogP contribution < -0.4 is 0 Å². The summed E-state index contributed by atoms with van der Waals surface area (Å²) in [6, 6.07) is 0. The van der Waals surface area contributed by atoms with Gasteiger partial charge in [0.1, 0.15) is 0 Å². The van der Waals surface area contributed by atoms with E-state index >= 15 is 0 Å². The predicted octanol–water partition coefficient (Wildman–Crippen LogP) is 0.325. The van der Waals surface area contributed by atoms with Crippen molar-refractivity contribution in [3.63, 3.8) is 0 Å². The molecule has 0 aromatic carbocycles. The lowest BCUT2D eigenvalue weighted by atomic mass is 10.7. The number of aliphatic hydroxyl groups is 2. The van der Waals surface area contributed by atoms with Crippen molar-refractivity contribution in [3.05, 3.63) is 0 Å². The number of hydrogen-bond acceptors (Lipinski definition) is 2. The summed E-state index contributed by atoms with van der Waals surface area (Å²) < 4.78 is 19.2. The summed E-state index contributed by atoms with van der Waals surface area (Å²) >= 11 is 0.633. The molecule has 0 spiro atoms. The molecule has 2 nitrogen and oxygen atoms in total. The number of hydrogen-bond donors (Lipinski definition) is 2. The van der Waals surface area contributed by atoms with Gasteiger partial charge in [-0.05, 0) is 0 Å². The highest BCUT2D eigenvalue weighted by molar-refractivity contribution is 14.1. The molecule has 0 rings (SSSR count). The minimum Gasteiger partial charge on any atom is -0.363 e. The summed E-state index contributed by atoms with van der Waals surface area (Å²) in [5.74, 6) is 0. The van der Waals surface area contributed by atoms with Crippen LogP contribution in [0.25, 0.3) is 0 Å². The van der Waals surface area contributed by atoms with Gasteiger partial charge in [-0.2, -0.15) is 8.78 Å². The van der Waals surface area contributed by atoms with Crippen molar-refractivity contribution >= 4 is 22.6 Å². The Balaban J connectivity index is 3.54. The first-order chi connectivity index (χ1) is 2.94. The molecular weight excluding hydrogens is 221 g/mol. The number of alkyl halides is 3. The molecule has 2 N–H and O–H groups in total. The maximum absolute atomic E-state index is 11.3. The highest BCUT2D eigenvalue weighted by Crippen LogP contribution is 2.24. The van der Waals surface area contributed by atoms with Gasteiger partial charge in [-0.1, -0.05) is 0 Å². The Hall–Kier alpha value is 0.510. The summed E-state index contributed by atoms with van der Waals surface area (Å²) in [7, 11) is 0.